The lowest BCUT2D eigenvalue weighted by Crippen LogP contribution is -2.15. The van der Waals surface area contributed by atoms with Crippen LogP contribution >= 0.6 is 0 Å². The molecule has 0 aliphatic heterocycles. The average Bonchev–Trinajstić information content (AvgIpc) is 3.48. The summed E-state index contributed by atoms with van der Waals surface area (Å²) < 4.78 is 17.3. The molecule has 0 unspecified atom stereocenters. The molecular formula is C20H17N5O4. The quantitative estimate of drug-likeness (QED) is 0.364. The Labute approximate surface area is 165 Å². The second kappa shape index (κ2) is 7.93. The summed E-state index contributed by atoms with van der Waals surface area (Å²) in [5.74, 6) is 0.839. The molecule has 0 saturated carbocycles. The standard InChI is InChI=1S/C20H17N5O4/c1-13-17(14(2)29-22-13)12-28-20(26)18(11-16-9-6-10-27-16)25-19(21-23-24-25)15-7-4-3-5-8-15/h3-11H,12H2,1-2H3. The van der Waals surface area contributed by atoms with Crippen LogP contribution in [-0.2, 0) is 16.1 Å². The monoisotopic (exact) mass is 391 g/mol. The molecule has 0 aliphatic rings. The minimum Gasteiger partial charge on any atom is -0.465 e. The Balaban J connectivity index is 1.69. The van der Waals surface area contributed by atoms with Crippen molar-refractivity contribution in [2.75, 3.05) is 0 Å². The fourth-order valence-corrected chi connectivity index (χ4v) is 2.75. The van der Waals surface area contributed by atoms with Gasteiger partial charge in [0.1, 0.15) is 18.1 Å². The van der Waals surface area contributed by atoms with Gasteiger partial charge in [0.25, 0.3) is 0 Å². The van der Waals surface area contributed by atoms with Gasteiger partial charge in [-0.3, -0.25) is 0 Å². The number of tetrazole rings is 1. The van der Waals surface area contributed by atoms with Crippen molar-refractivity contribution in [2.24, 2.45) is 0 Å². The third-order valence-electron chi connectivity index (χ3n) is 4.29. The smallest absolute Gasteiger partial charge is 0.357 e. The topological polar surface area (TPSA) is 109 Å². The molecule has 0 fully saturated rings. The van der Waals surface area contributed by atoms with E-state index in [2.05, 4.69) is 20.7 Å². The molecule has 146 valence electrons. The van der Waals surface area contributed by atoms with E-state index in [-0.39, 0.29) is 12.3 Å². The van der Waals surface area contributed by atoms with Gasteiger partial charge in [0, 0.05) is 11.6 Å². The molecular weight excluding hydrogens is 374 g/mol. The van der Waals surface area contributed by atoms with E-state index < -0.39 is 5.97 Å². The van der Waals surface area contributed by atoms with Crippen LogP contribution < -0.4 is 0 Å². The van der Waals surface area contributed by atoms with Crippen molar-refractivity contribution in [1.82, 2.24) is 25.4 Å². The molecule has 0 N–H and O–H groups in total. The molecule has 0 atom stereocenters. The van der Waals surface area contributed by atoms with Crippen molar-refractivity contribution in [3.05, 3.63) is 71.5 Å². The number of nitrogens with zero attached hydrogens (tertiary/aromatic N) is 5. The zero-order valence-electron chi connectivity index (χ0n) is 15.8. The number of esters is 1. The summed E-state index contributed by atoms with van der Waals surface area (Å²) >= 11 is 0. The first kappa shape index (κ1) is 18.4. The third-order valence-corrected chi connectivity index (χ3v) is 4.29. The molecule has 9 heteroatoms. The van der Waals surface area contributed by atoms with Gasteiger partial charge in [0.2, 0.25) is 0 Å². The first-order valence-corrected chi connectivity index (χ1v) is 8.81. The Kier molecular flexibility index (Phi) is 5.02. The maximum Gasteiger partial charge on any atom is 0.357 e. The molecule has 9 nitrogen and oxygen atoms in total. The number of aryl methyl sites for hydroxylation is 2. The lowest BCUT2D eigenvalue weighted by molar-refractivity contribution is -0.138. The number of hydrogen-bond donors (Lipinski definition) is 0. The van der Waals surface area contributed by atoms with Crippen LogP contribution in [0.25, 0.3) is 23.2 Å². The van der Waals surface area contributed by atoms with Crippen LogP contribution in [0.1, 0.15) is 22.8 Å². The first-order chi connectivity index (χ1) is 14.1. The molecule has 3 aromatic heterocycles. The highest BCUT2D eigenvalue weighted by molar-refractivity contribution is 6.15. The highest BCUT2D eigenvalue weighted by atomic mass is 16.5. The fourth-order valence-electron chi connectivity index (χ4n) is 2.75. The van der Waals surface area contributed by atoms with Gasteiger partial charge < -0.3 is 13.7 Å². The average molecular weight is 391 g/mol. The van der Waals surface area contributed by atoms with Crippen molar-refractivity contribution in [3.63, 3.8) is 0 Å². The van der Waals surface area contributed by atoms with Crippen molar-refractivity contribution in [3.8, 4) is 11.4 Å². The van der Waals surface area contributed by atoms with Crippen LogP contribution in [0.4, 0.5) is 0 Å². The van der Waals surface area contributed by atoms with E-state index in [0.717, 1.165) is 11.1 Å². The van der Waals surface area contributed by atoms with Gasteiger partial charge in [-0.2, -0.15) is 4.68 Å². The predicted molar refractivity (Wildman–Crippen MR) is 102 cm³/mol. The van der Waals surface area contributed by atoms with E-state index in [4.69, 9.17) is 13.7 Å². The number of carbonyl (C=O) groups excluding carboxylic acids is 1. The summed E-state index contributed by atoms with van der Waals surface area (Å²) in [6.07, 6.45) is 3.04. The number of hydrogen-bond acceptors (Lipinski definition) is 8. The summed E-state index contributed by atoms with van der Waals surface area (Å²) in [4.78, 5) is 13.0. The van der Waals surface area contributed by atoms with E-state index in [1.54, 1.807) is 26.0 Å². The normalized spacial score (nSPS) is 11.6. The van der Waals surface area contributed by atoms with Gasteiger partial charge >= 0.3 is 5.97 Å². The number of ether oxygens (including phenoxy) is 1. The van der Waals surface area contributed by atoms with Gasteiger partial charge in [-0.1, -0.05) is 35.5 Å². The van der Waals surface area contributed by atoms with Crippen LogP contribution in [0, 0.1) is 13.8 Å². The van der Waals surface area contributed by atoms with E-state index >= 15 is 0 Å². The summed E-state index contributed by atoms with van der Waals surface area (Å²) in [6.45, 7) is 3.56. The van der Waals surface area contributed by atoms with E-state index in [0.29, 0.717) is 23.0 Å². The zero-order chi connectivity index (χ0) is 20.2. The molecule has 0 saturated heterocycles. The molecule has 4 aromatic rings. The Morgan fingerprint density at radius 2 is 2.00 bits per heavy atom. The summed E-state index contributed by atoms with van der Waals surface area (Å²) in [6, 6.07) is 12.7. The second-order valence-electron chi connectivity index (χ2n) is 6.20. The number of benzene rings is 1. The van der Waals surface area contributed by atoms with Crippen molar-refractivity contribution < 1.29 is 18.5 Å². The predicted octanol–water partition coefficient (Wildman–Crippen LogP) is 3.28. The van der Waals surface area contributed by atoms with Gasteiger partial charge in [-0.25, -0.2) is 4.79 Å². The number of carbonyl (C=O) groups is 1. The molecule has 0 amide bonds. The molecule has 0 aliphatic carbocycles. The molecule has 0 bridgehead atoms. The minimum atomic E-state index is -0.620. The van der Waals surface area contributed by atoms with Crippen molar-refractivity contribution in [2.45, 2.75) is 20.5 Å². The Morgan fingerprint density at radius 1 is 1.17 bits per heavy atom. The van der Waals surface area contributed by atoms with Crippen LogP contribution in [0.3, 0.4) is 0 Å². The summed E-state index contributed by atoms with van der Waals surface area (Å²) in [5.41, 5.74) is 2.24. The Bertz CT molecular complexity index is 1120. The largest absolute Gasteiger partial charge is 0.465 e. The summed E-state index contributed by atoms with van der Waals surface area (Å²) in [5, 5.41) is 15.6. The van der Waals surface area contributed by atoms with Gasteiger partial charge in [0.15, 0.2) is 11.5 Å². The molecule has 29 heavy (non-hydrogen) atoms. The van der Waals surface area contributed by atoms with Gasteiger partial charge in [0.05, 0.1) is 17.5 Å². The van der Waals surface area contributed by atoms with Crippen molar-refractivity contribution in [1.29, 1.82) is 0 Å². The van der Waals surface area contributed by atoms with E-state index in [9.17, 15) is 4.79 Å². The Hall–Kier alpha value is -4.01. The van der Waals surface area contributed by atoms with Crippen LogP contribution in [0.2, 0.25) is 0 Å². The molecule has 0 radical (unpaired) electrons. The van der Waals surface area contributed by atoms with E-state index in [1.165, 1.54) is 17.0 Å². The lowest BCUT2D eigenvalue weighted by atomic mass is 10.2. The Morgan fingerprint density at radius 3 is 2.69 bits per heavy atom. The van der Waals surface area contributed by atoms with E-state index in [1.807, 2.05) is 30.3 Å². The fraction of sp³-hybridized carbons (Fsp3) is 0.150. The van der Waals surface area contributed by atoms with Crippen molar-refractivity contribution >= 4 is 17.7 Å². The molecule has 4 rings (SSSR count). The second-order valence-corrected chi connectivity index (χ2v) is 6.20. The van der Waals surface area contributed by atoms with Gasteiger partial charge in [-0.05, 0) is 36.4 Å². The minimum absolute atomic E-state index is 0.0122. The maximum atomic E-state index is 13.0. The first-order valence-electron chi connectivity index (χ1n) is 8.81. The molecule has 3 heterocycles. The number of aromatic nitrogens is 5. The highest BCUT2D eigenvalue weighted by Gasteiger charge is 2.22. The maximum absolute atomic E-state index is 13.0. The lowest BCUT2D eigenvalue weighted by Gasteiger charge is -2.09. The van der Waals surface area contributed by atoms with Crippen LogP contribution in [0.5, 0.6) is 0 Å². The zero-order valence-corrected chi connectivity index (χ0v) is 15.8. The third kappa shape index (κ3) is 3.84. The van der Waals surface area contributed by atoms with Crippen LogP contribution in [0.15, 0.2) is 57.7 Å². The molecule has 1 aromatic carbocycles. The number of rotatable bonds is 6. The van der Waals surface area contributed by atoms with Gasteiger partial charge in [-0.15, -0.1) is 5.10 Å². The number of furan rings is 1. The summed E-state index contributed by atoms with van der Waals surface area (Å²) in [7, 11) is 0. The SMILES string of the molecule is Cc1noc(C)c1COC(=O)C(=Cc1ccco1)n1nnnc1-c1ccccc1. The highest BCUT2D eigenvalue weighted by Crippen LogP contribution is 2.22. The molecule has 0 spiro atoms. The van der Waals surface area contributed by atoms with Crippen LogP contribution in [-0.4, -0.2) is 31.3 Å².